The van der Waals surface area contributed by atoms with E-state index in [0.29, 0.717) is 12.2 Å². The van der Waals surface area contributed by atoms with Crippen molar-refractivity contribution in [2.24, 2.45) is 0 Å². The Labute approximate surface area is 119 Å². The van der Waals surface area contributed by atoms with Gasteiger partial charge in [-0.2, -0.15) is 0 Å². The maximum absolute atomic E-state index is 12.6. The number of benzene rings is 1. The maximum atomic E-state index is 12.6. The average Bonchev–Trinajstić information content (AvgIpc) is 2.94. The van der Waals surface area contributed by atoms with Gasteiger partial charge in [-0.3, -0.25) is 4.79 Å². The van der Waals surface area contributed by atoms with Crippen LogP contribution in [-0.4, -0.2) is 12.6 Å². The Bertz CT molecular complexity index is 547. The number of hydrogen-bond acceptors (Lipinski definition) is 3. The molecule has 3 nitrogen and oxygen atoms in total. The highest BCUT2D eigenvalue weighted by atomic mass is 16.7. The van der Waals surface area contributed by atoms with E-state index >= 15 is 0 Å². The van der Waals surface area contributed by atoms with Crippen LogP contribution >= 0.6 is 0 Å². The minimum Gasteiger partial charge on any atom is -0.454 e. The minimum atomic E-state index is -0.369. The fourth-order valence-corrected chi connectivity index (χ4v) is 3.24. The second-order valence-electron chi connectivity index (χ2n) is 5.55. The van der Waals surface area contributed by atoms with Crippen LogP contribution in [0.5, 0.6) is 11.5 Å². The first kappa shape index (κ1) is 13.2. The van der Waals surface area contributed by atoms with Crippen LogP contribution in [-0.2, 0) is 10.2 Å². The van der Waals surface area contributed by atoms with Gasteiger partial charge >= 0.3 is 0 Å². The Morgan fingerprint density at radius 1 is 1.25 bits per heavy atom. The molecule has 20 heavy (non-hydrogen) atoms. The van der Waals surface area contributed by atoms with Crippen LogP contribution in [0.2, 0.25) is 0 Å². The molecular formula is C17H20O3. The normalized spacial score (nSPS) is 25.4. The van der Waals surface area contributed by atoms with Gasteiger partial charge in [-0.05, 0) is 43.9 Å². The SMILES string of the molecule is C/C=C/C[C@@]1(c2ccc3c(c2)OCO3)CCCCC1=O. The van der Waals surface area contributed by atoms with Crippen LogP contribution in [0.3, 0.4) is 0 Å². The van der Waals surface area contributed by atoms with Crippen molar-refractivity contribution in [1.82, 2.24) is 0 Å². The third-order valence-electron chi connectivity index (χ3n) is 4.42. The van der Waals surface area contributed by atoms with Gasteiger partial charge in [-0.25, -0.2) is 0 Å². The molecule has 0 saturated heterocycles. The molecule has 3 heteroatoms. The van der Waals surface area contributed by atoms with Crippen molar-refractivity contribution in [3.05, 3.63) is 35.9 Å². The number of allylic oxidation sites excluding steroid dienone is 2. The molecule has 0 unspecified atom stereocenters. The average molecular weight is 272 g/mol. The van der Waals surface area contributed by atoms with E-state index in [9.17, 15) is 4.79 Å². The molecule has 3 rings (SSSR count). The van der Waals surface area contributed by atoms with Crippen molar-refractivity contribution in [2.75, 3.05) is 6.79 Å². The van der Waals surface area contributed by atoms with E-state index in [1.54, 1.807) is 0 Å². The lowest BCUT2D eigenvalue weighted by Gasteiger charge is -2.35. The Kier molecular flexibility index (Phi) is 3.51. The third-order valence-corrected chi connectivity index (χ3v) is 4.42. The van der Waals surface area contributed by atoms with E-state index in [1.165, 1.54) is 0 Å². The zero-order chi connectivity index (χ0) is 14.0. The fourth-order valence-electron chi connectivity index (χ4n) is 3.24. The topological polar surface area (TPSA) is 35.5 Å². The molecule has 0 spiro atoms. The first-order valence-electron chi connectivity index (χ1n) is 7.31. The van der Waals surface area contributed by atoms with Crippen molar-refractivity contribution < 1.29 is 14.3 Å². The van der Waals surface area contributed by atoms with Gasteiger partial charge in [0.25, 0.3) is 0 Å². The summed E-state index contributed by atoms with van der Waals surface area (Å²) in [5.74, 6) is 1.90. The summed E-state index contributed by atoms with van der Waals surface area (Å²) in [4.78, 5) is 12.6. The Hall–Kier alpha value is -1.77. The number of fused-ring (bicyclic) bond motifs is 1. The monoisotopic (exact) mass is 272 g/mol. The number of ether oxygens (including phenoxy) is 2. The first-order valence-corrected chi connectivity index (χ1v) is 7.31. The molecule has 2 aliphatic rings. The number of carbonyl (C=O) groups is 1. The molecule has 1 aliphatic heterocycles. The highest BCUT2D eigenvalue weighted by Gasteiger charge is 2.40. The van der Waals surface area contributed by atoms with E-state index in [1.807, 2.05) is 31.2 Å². The summed E-state index contributed by atoms with van der Waals surface area (Å²) in [5.41, 5.74) is 0.704. The number of Topliss-reactive ketones (excluding diaryl/α,β-unsaturated/α-hetero) is 1. The van der Waals surface area contributed by atoms with Gasteiger partial charge in [0.05, 0.1) is 5.41 Å². The van der Waals surface area contributed by atoms with Gasteiger partial charge in [0, 0.05) is 6.42 Å². The van der Waals surface area contributed by atoms with Crippen LogP contribution in [0, 0.1) is 0 Å². The lowest BCUT2D eigenvalue weighted by molar-refractivity contribution is -0.126. The molecule has 1 heterocycles. The Morgan fingerprint density at radius 3 is 2.90 bits per heavy atom. The van der Waals surface area contributed by atoms with E-state index in [0.717, 1.165) is 42.7 Å². The quantitative estimate of drug-likeness (QED) is 0.786. The highest BCUT2D eigenvalue weighted by molar-refractivity contribution is 5.91. The molecule has 0 N–H and O–H groups in total. The zero-order valence-electron chi connectivity index (χ0n) is 11.9. The standard InChI is InChI=1S/C17H20O3/c1-2-3-9-17(10-5-4-6-16(17)18)13-7-8-14-15(11-13)20-12-19-14/h2-3,7-8,11H,4-6,9-10,12H2,1H3/b3-2+/t17-/m0/s1. The molecule has 1 aromatic carbocycles. The van der Waals surface area contributed by atoms with E-state index in [-0.39, 0.29) is 12.2 Å². The van der Waals surface area contributed by atoms with Gasteiger partial charge in [0.15, 0.2) is 11.5 Å². The summed E-state index contributed by atoms with van der Waals surface area (Å²) in [5, 5.41) is 0. The molecule has 106 valence electrons. The summed E-state index contributed by atoms with van der Waals surface area (Å²) in [7, 11) is 0. The van der Waals surface area contributed by atoms with Gasteiger partial charge in [0.2, 0.25) is 6.79 Å². The minimum absolute atomic E-state index is 0.272. The van der Waals surface area contributed by atoms with Gasteiger partial charge in [0.1, 0.15) is 5.78 Å². The summed E-state index contributed by atoms with van der Waals surface area (Å²) in [6.07, 6.45) is 8.65. The number of hydrogen-bond donors (Lipinski definition) is 0. The van der Waals surface area contributed by atoms with E-state index < -0.39 is 0 Å². The molecule has 0 aromatic heterocycles. The molecule has 1 aliphatic carbocycles. The number of rotatable bonds is 3. The summed E-state index contributed by atoms with van der Waals surface area (Å²) < 4.78 is 10.8. The smallest absolute Gasteiger partial charge is 0.231 e. The van der Waals surface area contributed by atoms with Gasteiger partial charge < -0.3 is 9.47 Å². The number of carbonyl (C=O) groups excluding carboxylic acids is 1. The zero-order valence-corrected chi connectivity index (χ0v) is 11.9. The predicted octanol–water partition coefficient (Wildman–Crippen LogP) is 3.76. The van der Waals surface area contributed by atoms with Crippen LogP contribution in [0.4, 0.5) is 0 Å². The first-order chi connectivity index (χ1) is 9.76. The third kappa shape index (κ3) is 2.11. The molecule has 1 saturated carbocycles. The number of ketones is 1. The predicted molar refractivity (Wildman–Crippen MR) is 77.1 cm³/mol. The second kappa shape index (κ2) is 5.31. The van der Waals surface area contributed by atoms with Crippen molar-refractivity contribution in [1.29, 1.82) is 0 Å². The fraction of sp³-hybridized carbons (Fsp3) is 0.471. The van der Waals surface area contributed by atoms with Crippen molar-refractivity contribution in [3.63, 3.8) is 0 Å². The lowest BCUT2D eigenvalue weighted by atomic mass is 9.66. The summed E-state index contributed by atoms with van der Waals surface area (Å²) in [6.45, 7) is 2.27. The molecular weight excluding hydrogens is 252 g/mol. The second-order valence-corrected chi connectivity index (χ2v) is 5.55. The van der Waals surface area contributed by atoms with Crippen molar-refractivity contribution in [2.45, 2.75) is 44.4 Å². The van der Waals surface area contributed by atoms with Crippen LogP contribution in [0.1, 0.15) is 44.6 Å². The molecule has 1 fully saturated rings. The molecule has 0 amide bonds. The lowest BCUT2D eigenvalue weighted by Crippen LogP contribution is -2.38. The van der Waals surface area contributed by atoms with Gasteiger partial charge in [-0.1, -0.05) is 24.6 Å². The molecule has 0 radical (unpaired) electrons. The van der Waals surface area contributed by atoms with Crippen LogP contribution in [0.15, 0.2) is 30.4 Å². The van der Waals surface area contributed by atoms with E-state index in [4.69, 9.17) is 9.47 Å². The van der Waals surface area contributed by atoms with E-state index in [2.05, 4.69) is 6.08 Å². The van der Waals surface area contributed by atoms with Crippen LogP contribution < -0.4 is 9.47 Å². The summed E-state index contributed by atoms with van der Waals surface area (Å²) in [6, 6.07) is 5.95. The van der Waals surface area contributed by atoms with Crippen molar-refractivity contribution in [3.8, 4) is 11.5 Å². The summed E-state index contributed by atoms with van der Waals surface area (Å²) >= 11 is 0. The Morgan fingerprint density at radius 2 is 2.10 bits per heavy atom. The molecule has 1 aromatic rings. The highest BCUT2D eigenvalue weighted by Crippen LogP contribution is 2.43. The van der Waals surface area contributed by atoms with Crippen LogP contribution in [0.25, 0.3) is 0 Å². The molecule has 0 bridgehead atoms. The van der Waals surface area contributed by atoms with Crippen molar-refractivity contribution >= 4 is 5.78 Å². The Balaban J connectivity index is 2.02. The maximum Gasteiger partial charge on any atom is 0.231 e. The van der Waals surface area contributed by atoms with Gasteiger partial charge in [-0.15, -0.1) is 0 Å². The largest absolute Gasteiger partial charge is 0.454 e. The molecule has 1 atom stereocenters.